The van der Waals surface area contributed by atoms with E-state index in [1.807, 2.05) is 11.4 Å². The molecule has 1 aliphatic carbocycles. The van der Waals surface area contributed by atoms with E-state index in [0.29, 0.717) is 17.0 Å². The Hall–Kier alpha value is -2.38. The zero-order valence-electron chi connectivity index (χ0n) is 15.1. The van der Waals surface area contributed by atoms with Gasteiger partial charge in [0, 0.05) is 17.0 Å². The second kappa shape index (κ2) is 9.01. The van der Waals surface area contributed by atoms with Gasteiger partial charge in [-0.2, -0.15) is 0 Å². The summed E-state index contributed by atoms with van der Waals surface area (Å²) in [5.74, 6) is -1.45. The monoisotopic (exact) mass is 388 g/mol. The van der Waals surface area contributed by atoms with Crippen molar-refractivity contribution in [2.24, 2.45) is 0 Å². The van der Waals surface area contributed by atoms with Crippen molar-refractivity contribution in [1.82, 2.24) is 10.6 Å². The summed E-state index contributed by atoms with van der Waals surface area (Å²) in [7, 11) is 0. The highest BCUT2D eigenvalue weighted by molar-refractivity contribution is 7.10. The van der Waals surface area contributed by atoms with Gasteiger partial charge >= 0.3 is 11.8 Å². The van der Waals surface area contributed by atoms with Crippen LogP contribution in [0.4, 0.5) is 0 Å². The SMILES string of the molecule is O=C(NCCC1=CCCCC1)C(=O)NC[C@@](O)(c1ccoc1)c1cccs1. The molecule has 0 fully saturated rings. The fourth-order valence-corrected chi connectivity index (χ4v) is 4.03. The van der Waals surface area contributed by atoms with E-state index in [-0.39, 0.29) is 6.54 Å². The van der Waals surface area contributed by atoms with Crippen molar-refractivity contribution in [3.05, 3.63) is 58.2 Å². The second-order valence-electron chi connectivity index (χ2n) is 6.65. The molecule has 0 saturated carbocycles. The van der Waals surface area contributed by atoms with Crippen molar-refractivity contribution in [2.45, 2.75) is 37.7 Å². The van der Waals surface area contributed by atoms with Crippen LogP contribution in [0.3, 0.4) is 0 Å². The molecule has 0 aromatic carbocycles. The second-order valence-corrected chi connectivity index (χ2v) is 7.59. The van der Waals surface area contributed by atoms with Gasteiger partial charge in [-0.3, -0.25) is 9.59 Å². The van der Waals surface area contributed by atoms with E-state index < -0.39 is 17.4 Å². The third kappa shape index (κ3) is 4.87. The molecule has 1 atom stereocenters. The molecule has 3 rings (SSSR count). The van der Waals surface area contributed by atoms with Crippen LogP contribution in [0.25, 0.3) is 0 Å². The summed E-state index contributed by atoms with van der Waals surface area (Å²) >= 11 is 1.37. The lowest BCUT2D eigenvalue weighted by molar-refractivity contribution is -0.139. The number of hydrogen-bond acceptors (Lipinski definition) is 5. The normalized spacial score (nSPS) is 16.3. The predicted molar refractivity (Wildman–Crippen MR) is 103 cm³/mol. The van der Waals surface area contributed by atoms with E-state index in [2.05, 4.69) is 16.7 Å². The number of hydrogen-bond donors (Lipinski definition) is 3. The number of nitrogens with one attached hydrogen (secondary N) is 2. The largest absolute Gasteiger partial charge is 0.472 e. The van der Waals surface area contributed by atoms with E-state index in [1.54, 1.807) is 12.1 Å². The molecule has 0 radical (unpaired) electrons. The lowest BCUT2D eigenvalue weighted by Crippen LogP contribution is -2.46. The Kier molecular flexibility index (Phi) is 6.47. The third-order valence-electron chi connectivity index (χ3n) is 4.76. The number of amides is 2. The molecule has 7 heteroatoms. The van der Waals surface area contributed by atoms with Gasteiger partial charge in [-0.1, -0.05) is 17.7 Å². The van der Waals surface area contributed by atoms with Crippen LogP contribution in [0.15, 0.2) is 52.2 Å². The maximum atomic E-state index is 12.1. The third-order valence-corrected chi connectivity index (χ3v) is 5.78. The Labute approximate surface area is 162 Å². The van der Waals surface area contributed by atoms with Crippen LogP contribution in [0.5, 0.6) is 0 Å². The van der Waals surface area contributed by atoms with Crippen molar-refractivity contribution in [3.63, 3.8) is 0 Å². The van der Waals surface area contributed by atoms with Crippen LogP contribution < -0.4 is 10.6 Å². The Morgan fingerprint density at radius 1 is 1.22 bits per heavy atom. The highest BCUT2D eigenvalue weighted by atomic mass is 32.1. The summed E-state index contributed by atoms with van der Waals surface area (Å²) < 4.78 is 5.07. The molecule has 0 bridgehead atoms. The fourth-order valence-electron chi connectivity index (χ4n) is 3.18. The molecule has 6 nitrogen and oxygen atoms in total. The number of carbonyl (C=O) groups excluding carboxylic acids is 2. The van der Waals surface area contributed by atoms with Crippen molar-refractivity contribution >= 4 is 23.2 Å². The van der Waals surface area contributed by atoms with Gasteiger partial charge in [-0.15, -0.1) is 11.3 Å². The molecule has 1 aliphatic rings. The summed E-state index contributed by atoms with van der Waals surface area (Å²) in [6.45, 7) is 0.319. The maximum absolute atomic E-state index is 12.1. The molecule has 2 aromatic rings. The minimum Gasteiger partial charge on any atom is -0.472 e. The topological polar surface area (TPSA) is 91.6 Å². The number of aliphatic hydroxyl groups is 1. The highest BCUT2D eigenvalue weighted by Crippen LogP contribution is 2.32. The van der Waals surface area contributed by atoms with Gasteiger partial charge in [0.25, 0.3) is 0 Å². The lowest BCUT2D eigenvalue weighted by Gasteiger charge is -2.26. The number of rotatable bonds is 7. The van der Waals surface area contributed by atoms with Crippen LogP contribution in [-0.2, 0) is 15.2 Å². The van der Waals surface area contributed by atoms with Crippen molar-refractivity contribution in [2.75, 3.05) is 13.1 Å². The Balaban J connectivity index is 1.53. The van der Waals surface area contributed by atoms with E-state index in [9.17, 15) is 14.7 Å². The minimum absolute atomic E-state index is 0.121. The van der Waals surface area contributed by atoms with Gasteiger partial charge in [-0.25, -0.2) is 0 Å². The van der Waals surface area contributed by atoms with E-state index in [4.69, 9.17) is 4.42 Å². The molecule has 2 aromatic heterocycles. The number of furan rings is 1. The first-order valence-corrected chi connectivity index (χ1v) is 10.0. The standard InChI is InChI=1S/C20H24N2O4S/c23-18(21-10-8-15-5-2-1-3-6-15)19(24)22-14-20(25,16-9-11-26-13-16)17-7-4-12-27-17/h4-5,7,9,11-13,25H,1-3,6,8,10,14H2,(H,21,23)(H,22,24)/t20-/m1/s1. The van der Waals surface area contributed by atoms with Gasteiger partial charge in [0.05, 0.1) is 19.1 Å². The van der Waals surface area contributed by atoms with Crippen LogP contribution in [-0.4, -0.2) is 30.0 Å². The van der Waals surface area contributed by atoms with Crippen molar-refractivity contribution in [1.29, 1.82) is 0 Å². The quantitative estimate of drug-likeness (QED) is 0.502. The predicted octanol–water partition coefficient (Wildman–Crippen LogP) is 2.70. The van der Waals surface area contributed by atoms with Crippen molar-refractivity contribution < 1.29 is 19.1 Å². The summed E-state index contributed by atoms with van der Waals surface area (Å²) in [6.07, 6.45) is 10.5. The maximum Gasteiger partial charge on any atom is 0.309 e. The lowest BCUT2D eigenvalue weighted by atomic mass is 9.94. The van der Waals surface area contributed by atoms with Crippen LogP contribution in [0.2, 0.25) is 0 Å². The van der Waals surface area contributed by atoms with Gasteiger partial charge in [0.2, 0.25) is 0 Å². The van der Waals surface area contributed by atoms with Gasteiger partial charge in [0.1, 0.15) is 5.60 Å². The van der Waals surface area contributed by atoms with Crippen molar-refractivity contribution in [3.8, 4) is 0 Å². The number of thiophene rings is 1. The van der Waals surface area contributed by atoms with E-state index in [0.717, 1.165) is 19.3 Å². The molecule has 2 amide bonds. The zero-order valence-corrected chi connectivity index (χ0v) is 15.9. The zero-order chi connectivity index (χ0) is 19.1. The van der Waals surface area contributed by atoms with Gasteiger partial charge in [0.15, 0.2) is 0 Å². The van der Waals surface area contributed by atoms with Crippen LogP contribution >= 0.6 is 11.3 Å². The first-order valence-electron chi connectivity index (χ1n) is 9.12. The molecule has 144 valence electrons. The first-order chi connectivity index (χ1) is 13.1. The molecule has 0 aliphatic heterocycles. The molecular weight excluding hydrogens is 364 g/mol. The molecule has 0 saturated heterocycles. The summed E-state index contributed by atoms with van der Waals surface area (Å²) in [6, 6.07) is 5.24. The first kappa shape index (κ1) is 19.4. The Morgan fingerprint density at radius 3 is 2.74 bits per heavy atom. The van der Waals surface area contributed by atoms with E-state index in [1.165, 1.54) is 42.3 Å². The summed E-state index contributed by atoms with van der Waals surface area (Å²) in [5.41, 5.74) is 0.424. The number of carbonyl (C=O) groups is 2. The minimum atomic E-state index is -1.44. The van der Waals surface area contributed by atoms with E-state index >= 15 is 0 Å². The molecule has 2 heterocycles. The molecular formula is C20H24N2O4S. The summed E-state index contributed by atoms with van der Waals surface area (Å²) in [5, 5.41) is 18.1. The van der Waals surface area contributed by atoms with Gasteiger partial charge < -0.3 is 20.2 Å². The van der Waals surface area contributed by atoms with Crippen LogP contribution in [0.1, 0.15) is 42.5 Å². The molecule has 0 spiro atoms. The molecule has 27 heavy (non-hydrogen) atoms. The molecule has 0 unspecified atom stereocenters. The molecule has 3 N–H and O–H groups in total. The highest BCUT2D eigenvalue weighted by Gasteiger charge is 2.34. The fraction of sp³-hybridized carbons (Fsp3) is 0.400. The van der Waals surface area contributed by atoms with Gasteiger partial charge in [-0.05, 0) is 49.6 Å². The Bertz CT molecular complexity index is 747. The Morgan fingerprint density at radius 2 is 2.07 bits per heavy atom. The average molecular weight is 388 g/mol. The van der Waals surface area contributed by atoms with Crippen LogP contribution in [0, 0.1) is 0 Å². The number of allylic oxidation sites excluding steroid dienone is 1. The smallest absolute Gasteiger partial charge is 0.309 e. The summed E-state index contributed by atoms with van der Waals surface area (Å²) in [4.78, 5) is 24.8. The average Bonchev–Trinajstić information content (AvgIpc) is 3.41.